The Morgan fingerprint density at radius 3 is 2.07 bits per heavy atom. The van der Waals surface area contributed by atoms with Crippen molar-refractivity contribution < 1.29 is 32.7 Å². The highest BCUT2D eigenvalue weighted by atomic mass is 19.1. The van der Waals surface area contributed by atoms with Gasteiger partial charge in [0.1, 0.15) is 28.8 Å². The van der Waals surface area contributed by atoms with E-state index in [1.165, 1.54) is 38.1 Å². The van der Waals surface area contributed by atoms with E-state index in [-0.39, 0.29) is 28.6 Å². The number of halogens is 2. The van der Waals surface area contributed by atoms with Crippen LogP contribution in [0.2, 0.25) is 0 Å². The highest BCUT2D eigenvalue weighted by Crippen LogP contribution is 2.35. The zero-order valence-corrected chi connectivity index (χ0v) is 23.6. The van der Waals surface area contributed by atoms with E-state index in [4.69, 9.17) is 4.74 Å². The van der Waals surface area contributed by atoms with E-state index in [9.17, 15) is 28.0 Å². The Bertz CT molecular complexity index is 1820. The van der Waals surface area contributed by atoms with Crippen LogP contribution in [0.25, 0.3) is 0 Å². The molecule has 4 aromatic rings. The monoisotopic (exact) mass is 596 g/mol. The van der Waals surface area contributed by atoms with Crippen LogP contribution in [0.1, 0.15) is 40.1 Å². The van der Waals surface area contributed by atoms with Gasteiger partial charge >= 0.3 is 5.97 Å². The Morgan fingerprint density at radius 2 is 1.39 bits per heavy atom. The van der Waals surface area contributed by atoms with Crippen LogP contribution in [-0.4, -0.2) is 23.4 Å². The molecule has 0 unspecified atom stereocenters. The number of Topliss-reactive ketones (excluding diaryl/α,β-unsaturated/α-hetero) is 2. The zero-order chi connectivity index (χ0) is 31.4. The van der Waals surface area contributed by atoms with E-state index in [1.54, 1.807) is 30.3 Å². The fraction of sp³-hybridized carbons (Fsp3) is 0.0909. The lowest BCUT2D eigenvalue weighted by Gasteiger charge is -2.12. The first-order valence-electron chi connectivity index (χ1n) is 13.4. The Balaban J connectivity index is 1.44. The van der Waals surface area contributed by atoms with Gasteiger partial charge in [-0.05, 0) is 60.2 Å². The molecule has 0 aliphatic carbocycles. The maximum Gasteiger partial charge on any atom is 0.308 e. The Labute approximate surface area is 250 Å². The molecular formula is C33H26F2N4O5. The molecule has 1 aliphatic heterocycles. The van der Waals surface area contributed by atoms with Crippen LogP contribution in [0, 0.1) is 11.6 Å². The molecule has 0 spiro atoms. The van der Waals surface area contributed by atoms with E-state index in [0.717, 1.165) is 23.4 Å². The average molecular weight is 597 g/mol. The van der Waals surface area contributed by atoms with Crippen LogP contribution in [0.4, 0.5) is 31.5 Å². The number of carbonyl (C=O) groups is 4. The van der Waals surface area contributed by atoms with Gasteiger partial charge in [0.2, 0.25) is 17.5 Å². The number of ketones is 2. The van der Waals surface area contributed by atoms with Crippen molar-refractivity contribution in [3.05, 3.63) is 125 Å². The third-order valence-electron chi connectivity index (χ3n) is 6.50. The van der Waals surface area contributed by atoms with Gasteiger partial charge in [-0.1, -0.05) is 24.3 Å². The summed E-state index contributed by atoms with van der Waals surface area (Å²) in [4.78, 5) is 50.1. The fourth-order valence-corrected chi connectivity index (χ4v) is 4.58. The molecule has 0 atom stereocenters. The number of allylic oxidation sites excluding steroid dienone is 1. The van der Waals surface area contributed by atoms with Gasteiger partial charge in [-0.15, -0.1) is 0 Å². The lowest BCUT2D eigenvalue weighted by molar-refractivity contribution is -0.131. The van der Waals surface area contributed by atoms with Crippen molar-refractivity contribution in [3.63, 3.8) is 0 Å². The second-order valence-electron chi connectivity index (χ2n) is 9.93. The maximum absolute atomic E-state index is 14.1. The van der Waals surface area contributed by atoms with Gasteiger partial charge in [0.05, 0.1) is 11.4 Å². The molecule has 9 nitrogen and oxygen atoms in total. The molecule has 4 N–H and O–H groups in total. The van der Waals surface area contributed by atoms with Crippen molar-refractivity contribution in [2.24, 2.45) is 0 Å². The minimum absolute atomic E-state index is 0.0166. The second kappa shape index (κ2) is 12.6. The SMILES string of the molecule is CC(=O)Nc1ccc(CNc2ccc3c(c2)N/C(=C(\C(=O)c2cc(F)cc(F)c2)C(=O)c2cccc(OC(C)=O)c2)N3)cc1. The number of ether oxygens (including phenoxy) is 1. The lowest BCUT2D eigenvalue weighted by atomic mass is 9.95. The van der Waals surface area contributed by atoms with Gasteiger partial charge in [-0.2, -0.15) is 0 Å². The zero-order valence-electron chi connectivity index (χ0n) is 23.6. The smallest absolute Gasteiger partial charge is 0.308 e. The van der Waals surface area contributed by atoms with Gasteiger partial charge in [0.15, 0.2) is 0 Å². The number of hydrogen-bond donors (Lipinski definition) is 4. The molecule has 0 saturated heterocycles. The van der Waals surface area contributed by atoms with Crippen LogP contribution in [-0.2, 0) is 16.1 Å². The molecule has 0 bridgehead atoms. The normalized spacial score (nSPS) is 12.7. The second-order valence-corrected chi connectivity index (χ2v) is 9.93. The summed E-state index contributed by atoms with van der Waals surface area (Å²) in [6.07, 6.45) is 0. The molecule has 1 heterocycles. The summed E-state index contributed by atoms with van der Waals surface area (Å²) in [5.74, 6) is -4.28. The van der Waals surface area contributed by atoms with E-state index >= 15 is 0 Å². The van der Waals surface area contributed by atoms with E-state index in [2.05, 4.69) is 21.3 Å². The standard InChI is InChI=1S/C33H26F2N4O5/c1-18(40)37-25-8-6-20(7-9-25)17-36-26-10-11-28-29(16-26)39-33(38-28)30(32(43)22-12-23(34)15-24(35)13-22)31(42)21-4-3-5-27(14-21)44-19(2)41/h3-16,36,38-39H,17H2,1-2H3,(H,37,40)/b33-30-. The van der Waals surface area contributed by atoms with E-state index in [1.807, 2.05) is 12.1 Å². The van der Waals surface area contributed by atoms with Gasteiger partial charge in [0, 0.05) is 49.0 Å². The summed E-state index contributed by atoms with van der Waals surface area (Å²) >= 11 is 0. The van der Waals surface area contributed by atoms with E-state index in [0.29, 0.717) is 29.7 Å². The summed E-state index contributed by atoms with van der Waals surface area (Å²) < 4.78 is 33.2. The van der Waals surface area contributed by atoms with Crippen molar-refractivity contribution in [2.45, 2.75) is 20.4 Å². The third-order valence-corrected chi connectivity index (χ3v) is 6.50. The Hall–Kier alpha value is -5.84. The largest absolute Gasteiger partial charge is 0.427 e. The lowest BCUT2D eigenvalue weighted by Crippen LogP contribution is -2.21. The molecule has 0 radical (unpaired) electrons. The molecule has 1 amide bonds. The molecule has 1 aliphatic rings. The first kappa shape index (κ1) is 29.6. The molecule has 5 rings (SSSR count). The molecule has 44 heavy (non-hydrogen) atoms. The molecule has 4 aromatic carbocycles. The topological polar surface area (TPSA) is 126 Å². The number of benzene rings is 4. The van der Waals surface area contributed by atoms with Crippen molar-refractivity contribution >= 4 is 46.2 Å². The number of amides is 1. The van der Waals surface area contributed by atoms with Crippen LogP contribution in [0.3, 0.4) is 0 Å². The molecule has 0 fully saturated rings. The number of esters is 1. The average Bonchev–Trinajstić information content (AvgIpc) is 3.38. The quantitative estimate of drug-likeness (QED) is 0.0445. The van der Waals surface area contributed by atoms with E-state index < -0.39 is 34.7 Å². The molecular weight excluding hydrogens is 570 g/mol. The van der Waals surface area contributed by atoms with Crippen molar-refractivity contribution in [3.8, 4) is 5.75 Å². The van der Waals surface area contributed by atoms with Gasteiger partial charge < -0.3 is 26.0 Å². The number of carbonyl (C=O) groups excluding carboxylic acids is 4. The summed E-state index contributed by atoms with van der Waals surface area (Å²) in [7, 11) is 0. The first-order valence-corrected chi connectivity index (χ1v) is 13.4. The summed E-state index contributed by atoms with van der Waals surface area (Å²) in [6, 6.07) is 20.7. The molecule has 0 saturated carbocycles. The molecule has 11 heteroatoms. The third kappa shape index (κ3) is 6.96. The van der Waals surface area contributed by atoms with Gasteiger partial charge in [-0.3, -0.25) is 19.2 Å². The highest BCUT2D eigenvalue weighted by molar-refractivity contribution is 6.32. The minimum Gasteiger partial charge on any atom is -0.427 e. The van der Waals surface area contributed by atoms with Crippen LogP contribution in [0.15, 0.2) is 96.3 Å². The number of rotatable bonds is 9. The predicted molar refractivity (Wildman–Crippen MR) is 162 cm³/mol. The number of fused-ring (bicyclic) bond motifs is 1. The summed E-state index contributed by atoms with van der Waals surface area (Å²) in [5.41, 5.74) is 2.73. The number of anilines is 4. The van der Waals surface area contributed by atoms with Crippen LogP contribution in [0.5, 0.6) is 5.75 Å². The van der Waals surface area contributed by atoms with Gasteiger partial charge in [0.25, 0.3) is 0 Å². The predicted octanol–water partition coefficient (Wildman–Crippen LogP) is 6.28. The van der Waals surface area contributed by atoms with Crippen LogP contribution >= 0.6 is 0 Å². The van der Waals surface area contributed by atoms with Crippen molar-refractivity contribution in [1.29, 1.82) is 0 Å². The minimum atomic E-state index is -0.974. The fourth-order valence-electron chi connectivity index (χ4n) is 4.58. The summed E-state index contributed by atoms with van der Waals surface area (Å²) in [6.45, 7) is 3.12. The maximum atomic E-state index is 14.1. The Kier molecular flexibility index (Phi) is 8.47. The van der Waals surface area contributed by atoms with Gasteiger partial charge in [-0.25, -0.2) is 8.78 Å². The molecule has 0 aromatic heterocycles. The molecule has 222 valence electrons. The number of hydrogen-bond acceptors (Lipinski definition) is 8. The van der Waals surface area contributed by atoms with Crippen molar-refractivity contribution in [1.82, 2.24) is 0 Å². The van der Waals surface area contributed by atoms with Crippen LogP contribution < -0.4 is 26.0 Å². The highest BCUT2D eigenvalue weighted by Gasteiger charge is 2.30. The number of nitrogens with one attached hydrogen (secondary N) is 4. The Morgan fingerprint density at radius 1 is 0.727 bits per heavy atom. The van der Waals surface area contributed by atoms with Crippen molar-refractivity contribution in [2.75, 3.05) is 21.3 Å². The first-order chi connectivity index (χ1) is 21.0. The summed E-state index contributed by atoms with van der Waals surface area (Å²) in [5, 5.41) is 12.1.